The third-order valence-electron chi connectivity index (χ3n) is 3.38. The number of nitrogens with zero attached hydrogens (tertiary/aromatic N) is 1. The van der Waals surface area contributed by atoms with Gasteiger partial charge in [0.1, 0.15) is 6.04 Å². The number of rotatable bonds is 7. The molecule has 2 aromatic rings. The number of nitrogens with one attached hydrogen (secondary N) is 1. The molecule has 5 heteroatoms. The van der Waals surface area contributed by atoms with Gasteiger partial charge in [0.25, 0.3) is 5.91 Å². The topological polar surface area (TPSA) is 79.3 Å². The molecule has 0 saturated carbocycles. The second-order valence-corrected chi connectivity index (χ2v) is 4.96. The van der Waals surface area contributed by atoms with Gasteiger partial charge in [-0.2, -0.15) is 0 Å². The van der Waals surface area contributed by atoms with Crippen LogP contribution in [0, 0.1) is 0 Å². The number of fused-ring (bicyclic) bond motifs is 1. The van der Waals surface area contributed by atoms with Crippen molar-refractivity contribution in [2.24, 2.45) is 0 Å². The third-order valence-corrected chi connectivity index (χ3v) is 3.38. The van der Waals surface area contributed by atoms with Gasteiger partial charge >= 0.3 is 5.97 Å². The van der Waals surface area contributed by atoms with Crippen molar-refractivity contribution in [3.63, 3.8) is 0 Å². The van der Waals surface area contributed by atoms with Crippen LogP contribution in [0.2, 0.25) is 0 Å². The number of carboxylic acids is 1. The summed E-state index contributed by atoms with van der Waals surface area (Å²) in [6, 6.07) is 8.00. The predicted octanol–water partition coefficient (Wildman–Crippen LogP) is 2.77. The summed E-state index contributed by atoms with van der Waals surface area (Å²) in [6.07, 6.45) is 5.09. The van der Waals surface area contributed by atoms with Crippen LogP contribution in [0.25, 0.3) is 10.9 Å². The molecule has 2 rings (SSSR count). The maximum atomic E-state index is 12.4. The Kier molecular flexibility index (Phi) is 5.25. The zero-order valence-electron chi connectivity index (χ0n) is 12.2. The van der Waals surface area contributed by atoms with Crippen LogP contribution < -0.4 is 5.32 Å². The smallest absolute Gasteiger partial charge is 0.326 e. The van der Waals surface area contributed by atoms with Gasteiger partial charge in [-0.25, -0.2) is 4.79 Å². The molecule has 0 unspecified atom stereocenters. The molecular weight excluding hydrogens is 280 g/mol. The standard InChI is InChI=1S/C17H18N2O3/c1-2-3-4-10-14(17(21)22)19-16(20)13-9-5-7-12-8-6-11-18-15(12)13/h2,5-9,11,14H,1,3-4,10H2,(H,19,20)(H,21,22)/t14-/m0/s1. The van der Waals surface area contributed by atoms with Crippen molar-refractivity contribution in [3.8, 4) is 0 Å². The number of allylic oxidation sites excluding steroid dienone is 1. The van der Waals surface area contributed by atoms with Crippen molar-refractivity contribution in [2.75, 3.05) is 0 Å². The van der Waals surface area contributed by atoms with E-state index in [0.717, 1.165) is 11.8 Å². The van der Waals surface area contributed by atoms with Gasteiger partial charge in [-0.05, 0) is 31.4 Å². The highest BCUT2D eigenvalue weighted by Crippen LogP contribution is 2.16. The van der Waals surface area contributed by atoms with E-state index in [0.29, 0.717) is 23.9 Å². The molecular formula is C17H18N2O3. The molecule has 0 aliphatic heterocycles. The minimum Gasteiger partial charge on any atom is -0.480 e. The maximum Gasteiger partial charge on any atom is 0.326 e. The number of carbonyl (C=O) groups is 2. The summed E-state index contributed by atoms with van der Waals surface area (Å²) in [6.45, 7) is 3.60. The summed E-state index contributed by atoms with van der Waals surface area (Å²) in [4.78, 5) is 27.8. The van der Waals surface area contributed by atoms with E-state index in [1.807, 2.05) is 12.1 Å². The molecule has 0 fully saturated rings. The zero-order valence-corrected chi connectivity index (χ0v) is 12.2. The van der Waals surface area contributed by atoms with E-state index in [1.165, 1.54) is 0 Å². The van der Waals surface area contributed by atoms with Gasteiger partial charge in [0.2, 0.25) is 0 Å². The number of amides is 1. The van der Waals surface area contributed by atoms with Gasteiger partial charge < -0.3 is 10.4 Å². The summed E-state index contributed by atoms with van der Waals surface area (Å²) in [5.41, 5.74) is 0.950. The Bertz CT molecular complexity index is 692. The van der Waals surface area contributed by atoms with E-state index < -0.39 is 17.9 Å². The van der Waals surface area contributed by atoms with Crippen molar-refractivity contribution in [1.29, 1.82) is 0 Å². The molecule has 1 aromatic carbocycles. The first-order valence-corrected chi connectivity index (χ1v) is 7.12. The Balaban J connectivity index is 2.18. The van der Waals surface area contributed by atoms with Gasteiger partial charge in [0.05, 0.1) is 11.1 Å². The molecule has 1 aromatic heterocycles. The summed E-state index contributed by atoms with van der Waals surface area (Å²) in [5, 5.41) is 12.6. The number of aromatic nitrogens is 1. The maximum absolute atomic E-state index is 12.4. The number of aliphatic carboxylic acids is 1. The van der Waals surface area contributed by atoms with Crippen LogP contribution in [-0.2, 0) is 4.79 Å². The molecule has 1 heterocycles. The monoisotopic (exact) mass is 298 g/mol. The molecule has 0 aliphatic rings. The first-order chi connectivity index (χ1) is 10.6. The fourth-order valence-corrected chi connectivity index (χ4v) is 2.25. The molecule has 114 valence electrons. The van der Waals surface area contributed by atoms with Crippen LogP contribution in [0.4, 0.5) is 0 Å². The average molecular weight is 298 g/mol. The fourth-order valence-electron chi connectivity index (χ4n) is 2.25. The number of para-hydroxylation sites is 1. The van der Waals surface area contributed by atoms with E-state index in [9.17, 15) is 14.7 Å². The molecule has 1 amide bonds. The number of carboxylic acid groups (broad SMARTS) is 1. The molecule has 0 radical (unpaired) electrons. The van der Waals surface area contributed by atoms with Crippen molar-refractivity contribution < 1.29 is 14.7 Å². The largest absolute Gasteiger partial charge is 0.480 e. The minimum absolute atomic E-state index is 0.366. The third kappa shape index (κ3) is 3.69. The van der Waals surface area contributed by atoms with Crippen LogP contribution in [0.1, 0.15) is 29.6 Å². The Hall–Kier alpha value is -2.69. The lowest BCUT2D eigenvalue weighted by Gasteiger charge is -2.14. The number of unbranched alkanes of at least 4 members (excludes halogenated alkanes) is 1. The lowest BCUT2D eigenvalue weighted by atomic mass is 10.1. The van der Waals surface area contributed by atoms with Crippen LogP contribution in [0.15, 0.2) is 49.2 Å². The highest BCUT2D eigenvalue weighted by atomic mass is 16.4. The predicted molar refractivity (Wildman–Crippen MR) is 84.7 cm³/mol. The zero-order chi connectivity index (χ0) is 15.9. The second kappa shape index (κ2) is 7.36. The number of benzene rings is 1. The first-order valence-electron chi connectivity index (χ1n) is 7.12. The van der Waals surface area contributed by atoms with Crippen molar-refractivity contribution >= 4 is 22.8 Å². The van der Waals surface area contributed by atoms with Crippen molar-refractivity contribution in [2.45, 2.75) is 25.3 Å². The van der Waals surface area contributed by atoms with E-state index >= 15 is 0 Å². The SMILES string of the molecule is C=CCCC[C@H](NC(=O)c1cccc2cccnc12)C(=O)O. The van der Waals surface area contributed by atoms with Gasteiger partial charge in [-0.15, -0.1) is 6.58 Å². The minimum atomic E-state index is -1.04. The number of carbonyl (C=O) groups excluding carboxylic acids is 1. The van der Waals surface area contributed by atoms with Crippen molar-refractivity contribution in [3.05, 3.63) is 54.7 Å². The highest BCUT2D eigenvalue weighted by Gasteiger charge is 2.21. The molecule has 0 spiro atoms. The highest BCUT2D eigenvalue weighted by molar-refractivity contribution is 6.06. The van der Waals surface area contributed by atoms with Gasteiger partial charge in [-0.1, -0.05) is 24.3 Å². The Morgan fingerprint density at radius 3 is 2.82 bits per heavy atom. The Morgan fingerprint density at radius 1 is 1.32 bits per heavy atom. The molecule has 0 aliphatic carbocycles. The number of hydrogen-bond donors (Lipinski definition) is 2. The van der Waals surface area contributed by atoms with Gasteiger partial charge in [0, 0.05) is 11.6 Å². The van der Waals surface area contributed by atoms with E-state index in [-0.39, 0.29) is 0 Å². The molecule has 0 saturated heterocycles. The number of pyridine rings is 1. The molecule has 22 heavy (non-hydrogen) atoms. The van der Waals surface area contributed by atoms with E-state index in [2.05, 4.69) is 16.9 Å². The Morgan fingerprint density at radius 2 is 2.09 bits per heavy atom. The van der Waals surface area contributed by atoms with Crippen LogP contribution in [0.3, 0.4) is 0 Å². The lowest BCUT2D eigenvalue weighted by Crippen LogP contribution is -2.40. The fraction of sp³-hybridized carbons (Fsp3) is 0.235. The van der Waals surface area contributed by atoms with Crippen LogP contribution in [0.5, 0.6) is 0 Å². The van der Waals surface area contributed by atoms with Gasteiger partial charge in [0.15, 0.2) is 0 Å². The van der Waals surface area contributed by atoms with E-state index in [4.69, 9.17) is 0 Å². The normalized spacial score (nSPS) is 11.8. The van der Waals surface area contributed by atoms with Crippen LogP contribution >= 0.6 is 0 Å². The van der Waals surface area contributed by atoms with Crippen molar-refractivity contribution in [1.82, 2.24) is 10.3 Å². The molecule has 2 N–H and O–H groups in total. The number of hydrogen-bond acceptors (Lipinski definition) is 3. The molecule has 5 nitrogen and oxygen atoms in total. The Labute approximate surface area is 128 Å². The van der Waals surface area contributed by atoms with Crippen LogP contribution in [-0.4, -0.2) is 28.0 Å². The summed E-state index contributed by atoms with van der Waals surface area (Å²) < 4.78 is 0. The summed E-state index contributed by atoms with van der Waals surface area (Å²) in [7, 11) is 0. The second-order valence-electron chi connectivity index (χ2n) is 4.96. The van der Waals surface area contributed by atoms with Gasteiger partial charge in [-0.3, -0.25) is 9.78 Å². The summed E-state index contributed by atoms with van der Waals surface area (Å²) in [5.74, 6) is -1.46. The quantitative estimate of drug-likeness (QED) is 0.608. The van der Waals surface area contributed by atoms with E-state index in [1.54, 1.807) is 30.5 Å². The lowest BCUT2D eigenvalue weighted by molar-refractivity contribution is -0.139. The first kappa shape index (κ1) is 15.7. The molecule has 1 atom stereocenters. The average Bonchev–Trinajstić information content (AvgIpc) is 2.53. The summed E-state index contributed by atoms with van der Waals surface area (Å²) >= 11 is 0. The molecule has 0 bridgehead atoms.